The second kappa shape index (κ2) is 7.69. The zero-order valence-electron chi connectivity index (χ0n) is 14.7. The summed E-state index contributed by atoms with van der Waals surface area (Å²) in [5.74, 6) is -0.604. The van der Waals surface area contributed by atoms with Gasteiger partial charge in [0.15, 0.2) is 0 Å². The van der Waals surface area contributed by atoms with Crippen molar-refractivity contribution in [3.05, 3.63) is 63.9 Å². The SMILES string of the molecule is O=C(Nc1nnc(C2CC2)s1)c1ccc(Cl)c(S(=O)(=O)Nc2ccc(F)cc2)c1. The Bertz CT molecular complexity index is 1180. The van der Waals surface area contributed by atoms with E-state index in [2.05, 4.69) is 20.2 Å². The highest BCUT2D eigenvalue weighted by Crippen LogP contribution is 2.42. The molecule has 7 nitrogen and oxygen atoms in total. The van der Waals surface area contributed by atoms with Crippen LogP contribution in [0.25, 0.3) is 0 Å². The minimum Gasteiger partial charge on any atom is -0.296 e. The van der Waals surface area contributed by atoms with E-state index in [9.17, 15) is 17.6 Å². The van der Waals surface area contributed by atoms with Gasteiger partial charge in [-0.3, -0.25) is 14.8 Å². The fourth-order valence-electron chi connectivity index (χ4n) is 2.53. The van der Waals surface area contributed by atoms with Crippen LogP contribution in [0.1, 0.15) is 34.1 Å². The van der Waals surface area contributed by atoms with Crippen LogP contribution in [0.3, 0.4) is 0 Å². The molecule has 0 radical (unpaired) electrons. The van der Waals surface area contributed by atoms with Crippen LogP contribution in [0.5, 0.6) is 0 Å². The maximum atomic E-state index is 13.0. The topological polar surface area (TPSA) is 101 Å². The number of carbonyl (C=O) groups is 1. The van der Waals surface area contributed by atoms with E-state index >= 15 is 0 Å². The highest BCUT2D eigenvalue weighted by atomic mass is 35.5. The van der Waals surface area contributed by atoms with Crippen molar-refractivity contribution < 1.29 is 17.6 Å². The van der Waals surface area contributed by atoms with Gasteiger partial charge in [-0.25, -0.2) is 12.8 Å². The number of nitrogens with one attached hydrogen (secondary N) is 2. The summed E-state index contributed by atoms with van der Waals surface area (Å²) < 4.78 is 40.7. The lowest BCUT2D eigenvalue weighted by Crippen LogP contribution is -2.16. The monoisotopic (exact) mass is 452 g/mol. The Morgan fingerprint density at radius 3 is 2.55 bits per heavy atom. The highest BCUT2D eigenvalue weighted by Gasteiger charge is 2.28. The average Bonchev–Trinajstić information content (AvgIpc) is 3.43. The third kappa shape index (κ3) is 4.55. The molecule has 29 heavy (non-hydrogen) atoms. The molecule has 0 aliphatic heterocycles. The van der Waals surface area contributed by atoms with Crippen molar-refractivity contribution in [3.8, 4) is 0 Å². The minimum absolute atomic E-state index is 0.0527. The lowest BCUT2D eigenvalue weighted by molar-refractivity contribution is 0.102. The number of anilines is 2. The molecule has 1 saturated carbocycles. The normalized spacial score (nSPS) is 13.9. The maximum absolute atomic E-state index is 13.0. The number of nitrogens with zero attached hydrogens (tertiary/aromatic N) is 2. The van der Waals surface area contributed by atoms with Crippen LogP contribution in [-0.2, 0) is 10.0 Å². The Kier molecular flexibility index (Phi) is 5.24. The van der Waals surface area contributed by atoms with E-state index in [1.807, 2.05) is 0 Å². The third-order valence-electron chi connectivity index (χ3n) is 4.17. The van der Waals surface area contributed by atoms with Crippen molar-refractivity contribution in [2.24, 2.45) is 0 Å². The number of hydrogen-bond donors (Lipinski definition) is 2. The number of sulfonamides is 1. The number of hydrogen-bond acceptors (Lipinski definition) is 6. The number of carbonyl (C=O) groups excluding carboxylic acids is 1. The zero-order valence-corrected chi connectivity index (χ0v) is 17.1. The lowest BCUT2D eigenvalue weighted by Gasteiger charge is -2.11. The van der Waals surface area contributed by atoms with Crippen molar-refractivity contribution in [1.82, 2.24) is 10.2 Å². The van der Waals surface area contributed by atoms with Gasteiger partial charge in [0, 0.05) is 17.2 Å². The van der Waals surface area contributed by atoms with Crippen molar-refractivity contribution in [3.63, 3.8) is 0 Å². The molecule has 1 aromatic heterocycles. The van der Waals surface area contributed by atoms with E-state index in [0.717, 1.165) is 30.0 Å². The quantitative estimate of drug-likeness (QED) is 0.581. The first-order valence-electron chi connectivity index (χ1n) is 8.54. The Hall–Kier alpha value is -2.56. The molecule has 4 rings (SSSR count). The van der Waals surface area contributed by atoms with Gasteiger partial charge in [0.25, 0.3) is 15.9 Å². The van der Waals surface area contributed by atoms with Crippen molar-refractivity contribution in [2.75, 3.05) is 10.0 Å². The first-order chi connectivity index (χ1) is 13.8. The number of benzene rings is 2. The van der Waals surface area contributed by atoms with Crippen LogP contribution in [0, 0.1) is 5.82 Å². The summed E-state index contributed by atoms with van der Waals surface area (Å²) in [5, 5.41) is 11.8. The molecule has 0 atom stereocenters. The number of aromatic nitrogens is 2. The molecule has 1 aliphatic rings. The molecule has 0 saturated heterocycles. The van der Waals surface area contributed by atoms with E-state index in [1.54, 1.807) is 0 Å². The van der Waals surface area contributed by atoms with Crippen LogP contribution in [-0.4, -0.2) is 24.5 Å². The number of halogens is 2. The van der Waals surface area contributed by atoms with Crippen molar-refractivity contribution in [2.45, 2.75) is 23.7 Å². The summed E-state index contributed by atoms with van der Waals surface area (Å²) in [6, 6.07) is 8.73. The van der Waals surface area contributed by atoms with Crippen LogP contribution in [0.2, 0.25) is 5.02 Å². The van der Waals surface area contributed by atoms with E-state index < -0.39 is 21.7 Å². The first kappa shape index (κ1) is 19.7. The number of rotatable bonds is 6. The fraction of sp³-hybridized carbons (Fsp3) is 0.167. The van der Waals surface area contributed by atoms with E-state index in [4.69, 9.17) is 11.6 Å². The van der Waals surface area contributed by atoms with Gasteiger partial charge < -0.3 is 0 Å². The second-order valence-electron chi connectivity index (χ2n) is 6.43. The summed E-state index contributed by atoms with van der Waals surface area (Å²) in [6.07, 6.45) is 2.14. The van der Waals surface area contributed by atoms with Crippen LogP contribution < -0.4 is 10.0 Å². The second-order valence-corrected chi connectivity index (χ2v) is 9.50. The third-order valence-corrected chi connectivity index (χ3v) is 7.03. The summed E-state index contributed by atoms with van der Waals surface area (Å²) in [6.45, 7) is 0. The predicted molar refractivity (Wildman–Crippen MR) is 108 cm³/mol. The van der Waals surface area contributed by atoms with Gasteiger partial charge >= 0.3 is 0 Å². The van der Waals surface area contributed by atoms with Gasteiger partial charge in [-0.2, -0.15) is 0 Å². The van der Waals surface area contributed by atoms with Gasteiger partial charge in [-0.1, -0.05) is 22.9 Å². The number of amides is 1. The summed E-state index contributed by atoms with van der Waals surface area (Å²) in [7, 11) is -4.09. The van der Waals surface area contributed by atoms with E-state index in [0.29, 0.717) is 11.0 Å². The van der Waals surface area contributed by atoms with E-state index in [1.165, 1.54) is 41.7 Å². The van der Waals surface area contributed by atoms with Crippen LogP contribution >= 0.6 is 22.9 Å². The molecule has 1 fully saturated rings. The van der Waals surface area contributed by atoms with Crippen LogP contribution in [0.15, 0.2) is 47.4 Å². The molecular weight excluding hydrogens is 439 g/mol. The maximum Gasteiger partial charge on any atom is 0.263 e. The summed E-state index contributed by atoms with van der Waals surface area (Å²) in [5.41, 5.74) is 0.260. The molecule has 2 N–H and O–H groups in total. The molecule has 1 heterocycles. The smallest absolute Gasteiger partial charge is 0.263 e. The molecule has 1 aliphatic carbocycles. The lowest BCUT2D eigenvalue weighted by atomic mass is 10.2. The molecule has 150 valence electrons. The molecule has 0 unspecified atom stereocenters. The molecular formula is C18H14ClFN4O3S2. The molecule has 1 amide bonds. The standard InChI is InChI=1S/C18H14ClFN4O3S2/c19-14-8-3-11(16(25)21-18-23-22-17(28-18)10-1-2-10)9-15(14)29(26,27)24-13-6-4-12(20)5-7-13/h3-10,24H,1-2H2,(H,21,23,25). The average molecular weight is 453 g/mol. The Balaban J connectivity index is 1.55. The van der Waals surface area contributed by atoms with Crippen LogP contribution in [0.4, 0.5) is 15.2 Å². The largest absolute Gasteiger partial charge is 0.296 e. The molecule has 0 bridgehead atoms. The van der Waals surface area contributed by atoms with E-state index in [-0.39, 0.29) is 21.2 Å². The van der Waals surface area contributed by atoms with Gasteiger partial charge in [0.2, 0.25) is 5.13 Å². The molecule has 3 aromatic rings. The van der Waals surface area contributed by atoms with Gasteiger partial charge in [-0.15, -0.1) is 10.2 Å². The summed E-state index contributed by atoms with van der Waals surface area (Å²) in [4.78, 5) is 12.3. The Labute approximate surface area is 175 Å². The molecule has 2 aromatic carbocycles. The van der Waals surface area contributed by atoms with Crippen molar-refractivity contribution in [1.29, 1.82) is 0 Å². The van der Waals surface area contributed by atoms with Gasteiger partial charge in [0.05, 0.1) is 5.02 Å². The fourth-order valence-corrected chi connectivity index (χ4v) is 5.02. The zero-order chi connectivity index (χ0) is 20.6. The Morgan fingerprint density at radius 2 is 1.86 bits per heavy atom. The van der Waals surface area contributed by atoms with Gasteiger partial charge in [0.1, 0.15) is 15.7 Å². The first-order valence-corrected chi connectivity index (χ1v) is 11.2. The molecule has 11 heteroatoms. The molecule has 0 spiro atoms. The van der Waals surface area contributed by atoms with Crippen molar-refractivity contribution >= 4 is 49.7 Å². The minimum atomic E-state index is -4.09. The predicted octanol–water partition coefficient (Wildman–Crippen LogP) is 4.26. The Morgan fingerprint density at radius 1 is 1.14 bits per heavy atom. The highest BCUT2D eigenvalue weighted by molar-refractivity contribution is 7.92. The van der Waals surface area contributed by atoms with Gasteiger partial charge in [-0.05, 0) is 55.3 Å². The summed E-state index contributed by atoms with van der Waals surface area (Å²) >= 11 is 7.35.